The van der Waals surface area contributed by atoms with Gasteiger partial charge in [-0.15, -0.1) is 10.2 Å². The highest BCUT2D eigenvalue weighted by Gasteiger charge is 2.34. The summed E-state index contributed by atoms with van der Waals surface area (Å²) in [4.78, 5) is 38.0. The molecule has 1 atom stereocenters. The Kier molecular flexibility index (Phi) is 6.53. The second-order valence-corrected chi connectivity index (χ2v) is 9.54. The monoisotopic (exact) mass is 433 g/mol. The Balaban J connectivity index is 1.55. The number of carbonyl (C=O) groups excluding carboxylic acids is 3. The molecule has 1 aromatic heterocycles. The fraction of sp³-hybridized carbons (Fsp3) is 0.421. The number of urea groups is 1. The molecule has 0 aliphatic heterocycles. The predicted octanol–water partition coefficient (Wildman–Crippen LogP) is 3.50. The van der Waals surface area contributed by atoms with Crippen LogP contribution in [0.25, 0.3) is 0 Å². The van der Waals surface area contributed by atoms with E-state index in [4.69, 9.17) is 0 Å². The molecule has 4 amide bonds. The summed E-state index contributed by atoms with van der Waals surface area (Å²) >= 11 is 2.48. The molecule has 0 saturated heterocycles. The van der Waals surface area contributed by atoms with E-state index in [1.165, 1.54) is 30.0 Å². The maximum Gasteiger partial charge on any atom is 0.325 e. The number of hydrogen-bond acceptors (Lipinski definition) is 7. The van der Waals surface area contributed by atoms with Gasteiger partial charge in [0.25, 0.3) is 0 Å². The van der Waals surface area contributed by atoms with Crippen LogP contribution in [-0.2, 0) is 9.59 Å². The Morgan fingerprint density at radius 3 is 2.59 bits per heavy atom. The lowest BCUT2D eigenvalue weighted by molar-refractivity contribution is -0.119. The standard InChI is InChI=1S/C19H23N5O3S2/c1-10-5-8-15(11(2)9-10)20-17(27)21-16(26)12(3)28-19-23-22-18(29-19)24(13(4)25)14-6-7-14/h5,8-9,12,14H,6-7H2,1-4H3,(H2,20,21,26,27). The molecule has 1 aliphatic carbocycles. The minimum Gasteiger partial charge on any atom is -0.307 e. The van der Waals surface area contributed by atoms with Gasteiger partial charge in [-0.05, 0) is 45.2 Å². The van der Waals surface area contributed by atoms with Gasteiger partial charge in [0.15, 0.2) is 4.34 Å². The highest BCUT2D eigenvalue weighted by atomic mass is 32.2. The van der Waals surface area contributed by atoms with Gasteiger partial charge >= 0.3 is 6.03 Å². The number of rotatable bonds is 6. The Hall–Kier alpha value is -2.46. The number of nitrogens with zero attached hydrogens (tertiary/aromatic N) is 3. The summed E-state index contributed by atoms with van der Waals surface area (Å²) in [6, 6.07) is 5.27. The lowest BCUT2D eigenvalue weighted by Crippen LogP contribution is -2.39. The maximum absolute atomic E-state index is 12.4. The summed E-state index contributed by atoms with van der Waals surface area (Å²) in [7, 11) is 0. The van der Waals surface area contributed by atoms with Crippen LogP contribution in [0.3, 0.4) is 0 Å². The zero-order valence-electron chi connectivity index (χ0n) is 16.7. The number of carbonyl (C=O) groups is 3. The Bertz CT molecular complexity index is 942. The van der Waals surface area contributed by atoms with E-state index in [0.29, 0.717) is 15.2 Å². The van der Waals surface area contributed by atoms with Crippen molar-refractivity contribution >= 4 is 51.8 Å². The van der Waals surface area contributed by atoms with Crippen LogP contribution in [0.5, 0.6) is 0 Å². The molecule has 1 fully saturated rings. The molecule has 1 saturated carbocycles. The molecule has 0 bridgehead atoms. The van der Waals surface area contributed by atoms with Gasteiger partial charge in [0, 0.05) is 18.7 Å². The summed E-state index contributed by atoms with van der Waals surface area (Å²) in [5.74, 6) is -0.492. The molecule has 10 heteroatoms. The summed E-state index contributed by atoms with van der Waals surface area (Å²) in [6.45, 7) is 7.06. The van der Waals surface area contributed by atoms with Crippen molar-refractivity contribution in [2.75, 3.05) is 10.2 Å². The first-order valence-electron chi connectivity index (χ1n) is 9.23. The minimum absolute atomic E-state index is 0.0611. The van der Waals surface area contributed by atoms with E-state index in [0.717, 1.165) is 24.0 Å². The third-order valence-corrected chi connectivity index (χ3v) is 6.47. The molecule has 1 aromatic carbocycles. The van der Waals surface area contributed by atoms with Crippen LogP contribution in [0.2, 0.25) is 0 Å². The van der Waals surface area contributed by atoms with Gasteiger partial charge in [0.05, 0.1) is 5.25 Å². The van der Waals surface area contributed by atoms with Crippen molar-refractivity contribution in [2.45, 2.75) is 56.2 Å². The van der Waals surface area contributed by atoms with Gasteiger partial charge in [-0.1, -0.05) is 40.8 Å². The molecule has 0 spiro atoms. The fourth-order valence-electron chi connectivity index (χ4n) is 2.75. The highest BCUT2D eigenvalue weighted by molar-refractivity contribution is 8.02. The van der Waals surface area contributed by atoms with Crippen LogP contribution in [0.1, 0.15) is 37.8 Å². The van der Waals surface area contributed by atoms with Crippen molar-refractivity contribution in [2.24, 2.45) is 0 Å². The molecular weight excluding hydrogens is 410 g/mol. The molecule has 2 N–H and O–H groups in total. The van der Waals surface area contributed by atoms with Crippen molar-refractivity contribution in [1.29, 1.82) is 0 Å². The molecule has 3 rings (SSSR count). The molecule has 1 heterocycles. The first-order valence-corrected chi connectivity index (χ1v) is 10.9. The van der Waals surface area contributed by atoms with Crippen LogP contribution in [0, 0.1) is 13.8 Å². The first-order chi connectivity index (χ1) is 13.7. The molecule has 0 radical (unpaired) electrons. The van der Waals surface area contributed by atoms with E-state index in [2.05, 4.69) is 20.8 Å². The zero-order valence-corrected chi connectivity index (χ0v) is 18.3. The fourth-order valence-corrected chi connectivity index (χ4v) is 4.85. The normalized spacial score (nSPS) is 14.2. The third kappa shape index (κ3) is 5.54. The van der Waals surface area contributed by atoms with Crippen molar-refractivity contribution < 1.29 is 14.4 Å². The Morgan fingerprint density at radius 2 is 1.97 bits per heavy atom. The second kappa shape index (κ2) is 8.91. The van der Waals surface area contributed by atoms with E-state index in [1.54, 1.807) is 17.9 Å². The molecule has 29 heavy (non-hydrogen) atoms. The van der Waals surface area contributed by atoms with Crippen LogP contribution in [0.15, 0.2) is 22.5 Å². The predicted molar refractivity (Wildman–Crippen MR) is 114 cm³/mol. The lowest BCUT2D eigenvalue weighted by atomic mass is 10.1. The summed E-state index contributed by atoms with van der Waals surface area (Å²) in [6.07, 6.45) is 1.94. The molecule has 1 unspecified atom stereocenters. The van der Waals surface area contributed by atoms with Crippen LogP contribution >= 0.6 is 23.1 Å². The summed E-state index contributed by atoms with van der Waals surface area (Å²) < 4.78 is 0.573. The maximum atomic E-state index is 12.4. The molecular formula is C19H23N5O3S2. The average Bonchev–Trinajstić information content (AvgIpc) is 3.36. The molecule has 154 valence electrons. The first kappa shape index (κ1) is 21.3. The van der Waals surface area contributed by atoms with Gasteiger partial charge in [-0.2, -0.15) is 0 Å². The van der Waals surface area contributed by atoms with E-state index in [9.17, 15) is 14.4 Å². The number of amides is 4. The van der Waals surface area contributed by atoms with E-state index in [-0.39, 0.29) is 11.9 Å². The second-order valence-electron chi connectivity index (χ2n) is 6.99. The summed E-state index contributed by atoms with van der Waals surface area (Å²) in [5.41, 5.74) is 2.66. The van der Waals surface area contributed by atoms with Crippen LogP contribution < -0.4 is 15.5 Å². The van der Waals surface area contributed by atoms with Crippen LogP contribution in [0.4, 0.5) is 15.6 Å². The van der Waals surface area contributed by atoms with Gasteiger partial charge in [-0.3, -0.25) is 19.8 Å². The van der Waals surface area contributed by atoms with E-state index in [1.807, 2.05) is 26.0 Å². The van der Waals surface area contributed by atoms with Gasteiger partial charge in [-0.25, -0.2) is 4.79 Å². The number of benzene rings is 1. The number of hydrogen-bond donors (Lipinski definition) is 2. The number of aromatic nitrogens is 2. The number of imide groups is 1. The van der Waals surface area contributed by atoms with Gasteiger partial charge in [0.1, 0.15) is 0 Å². The average molecular weight is 434 g/mol. The largest absolute Gasteiger partial charge is 0.325 e. The molecule has 1 aliphatic rings. The summed E-state index contributed by atoms with van der Waals surface area (Å²) in [5, 5.41) is 13.2. The van der Waals surface area contributed by atoms with Crippen LogP contribution in [-0.4, -0.2) is 39.3 Å². The quantitative estimate of drug-likeness (QED) is 0.534. The zero-order chi connectivity index (χ0) is 21.1. The third-order valence-electron chi connectivity index (χ3n) is 4.37. The van der Waals surface area contributed by atoms with Gasteiger partial charge in [0.2, 0.25) is 16.9 Å². The Morgan fingerprint density at radius 1 is 1.24 bits per heavy atom. The number of anilines is 2. The number of nitrogens with one attached hydrogen (secondary N) is 2. The molecule has 2 aromatic rings. The highest BCUT2D eigenvalue weighted by Crippen LogP contribution is 2.36. The van der Waals surface area contributed by atoms with Crippen molar-refractivity contribution in [1.82, 2.24) is 15.5 Å². The Labute approximate surface area is 177 Å². The minimum atomic E-state index is -0.580. The van der Waals surface area contributed by atoms with Gasteiger partial charge < -0.3 is 5.32 Å². The molecule has 8 nitrogen and oxygen atoms in total. The van der Waals surface area contributed by atoms with Crippen molar-refractivity contribution in [3.8, 4) is 0 Å². The van der Waals surface area contributed by atoms with Crippen molar-refractivity contribution in [3.05, 3.63) is 29.3 Å². The van der Waals surface area contributed by atoms with Crippen molar-refractivity contribution in [3.63, 3.8) is 0 Å². The number of thioether (sulfide) groups is 1. The van der Waals surface area contributed by atoms with E-state index < -0.39 is 17.2 Å². The number of aryl methyl sites for hydroxylation is 2. The topological polar surface area (TPSA) is 104 Å². The van der Waals surface area contributed by atoms with E-state index >= 15 is 0 Å². The lowest BCUT2D eigenvalue weighted by Gasteiger charge is -2.15. The smallest absolute Gasteiger partial charge is 0.307 e. The SMILES string of the molecule is CC(=O)N(c1nnc(SC(C)C(=O)NC(=O)Nc2ccc(C)cc2C)s1)C1CC1.